The van der Waals surface area contributed by atoms with Gasteiger partial charge in [-0.05, 0) is 232 Å². The molecule has 1 unspecified atom stereocenters. The largest absolute Gasteiger partial charge is 0.496 e. The standard InChI is InChI=1S/C80H58O10S3/c1-53-19-35-65(36-20-53)91(81,82)66-37-25-60(26-38-66)88-61-27-39-67(40-28-61)92(83,84)68-41-29-62(30-42-68)89-63-31-43-69(44-32-63)93(85,86)70-45-33-64(34-46-70)90-78-50-48-76(72-16-8-10-18-74(72)78)80(59-24-22-55-12-4-6-14-57(55)52-59)79(58-23-21-54-11-3-5-13-56(54)51-58)75-47-49-77(87-2)73-17-9-7-15-71(73)75/h3-50,52,58H,51H2,1-2H3/b80-79+. The van der Waals surface area contributed by atoms with Crippen LogP contribution in [0.15, 0.2) is 321 Å². The van der Waals surface area contributed by atoms with Crippen LogP contribution in [0.2, 0.25) is 0 Å². The molecule has 0 bridgehead atoms. The fourth-order valence-corrected chi connectivity index (χ4v) is 15.9. The summed E-state index contributed by atoms with van der Waals surface area (Å²) in [5.41, 5.74) is 8.93. The zero-order valence-corrected chi connectivity index (χ0v) is 52.8. The third-order valence-electron chi connectivity index (χ3n) is 16.9. The fraction of sp³-hybridized carbons (Fsp3) is 0.0500. The molecule has 0 aromatic heterocycles. The smallest absolute Gasteiger partial charge is 0.206 e. The molecular formula is C80H58O10S3. The topological polar surface area (TPSA) is 139 Å². The first kappa shape index (κ1) is 59.8. The highest BCUT2D eigenvalue weighted by molar-refractivity contribution is 7.92. The molecule has 0 heterocycles. The van der Waals surface area contributed by atoms with Crippen molar-refractivity contribution < 1.29 is 44.2 Å². The molecule has 13 heteroatoms. The zero-order chi connectivity index (χ0) is 63.8. The molecule has 1 aliphatic rings. The lowest BCUT2D eigenvalue weighted by molar-refractivity contribution is 0.420. The number of ether oxygens (including phenoxy) is 4. The van der Waals surface area contributed by atoms with Crippen LogP contribution in [0.4, 0.5) is 0 Å². The molecule has 0 fully saturated rings. The molecule has 13 aromatic carbocycles. The Kier molecular flexibility index (Phi) is 15.9. The lowest BCUT2D eigenvalue weighted by Gasteiger charge is -2.28. The monoisotopic (exact) mass is 1270 g/mol. The van der Waals surface area contributed by atoms with Gasteiger partial charge in [0, 0.05) is 16.7 Å². The van der Waals surface area contributed by atoms with Crippen molar-refractivity contribution in [2.75, 3.05) is 7.11 Å². The molecular weight excluding hydrogens is 1220 g/mol. The minimum Gasteiger partial charge on any atom is -0.496 e. The number of benzene rings is 13. The summed E-state index contributed by atoms with van der Waals surface area (Å²) in [4.78, 5) is 0.493. The lowest BCUT2D eigenvalue weighted by atomic mass is 9.75. The number of hydrogen-bond acceptors (Lipinski definition) is 10. The Labute approximate surface area is 540 Å². The number of allylic oxidation sites excluding steroid dienone is 2. The van der Waals surface area contributed by atoms with Gasteiger partial charge in [-0.3, -0.25) is 0 Å². The number of methoxy groups -OCH3 is 1. The van der Waals surface area contributed by atoms with E-state index in [1.54, 1.807) is 67.8 Å². The molecule has 14 rings (SSSR count). The molecule has 13 aromatic rings. The van der Waals surface area contributed by atoms with Crippen LogP contribution in [-0.2, 0) is 35.9 Å². The van der Waals surface area contributed by atoms with Gasteiger partial charge in [-0.15, -0.1) is 0 Å². The van der Waals surface area contributed by atoms with Crippen molar-refractivity contribution in [3.8, 4) is 40.2 Å². The van der Waals surface area contributed by atoms with Crippen molar-refractivity contribution in [3.05, 3.63) is 325 Å². The quantitative estimate of drug-likeness (QED) is 0.0810. The lowest BCUT2D eigenvalue weighted by Crippen LogP contribution is -2.12. The second kappa shape index (κ2) is 24.8. The van der Waals surface area contributed by atoms with Gasteiger partial charge in [-0.2, -0.15) is 0 Å². The molecule has 0 spiro atoms. The Bertz CT molecular complexity index is 5440. The van der Waals surface area contributed by atoms with Crippen molar-refractivity contribution in [2.24, 2.45) is 5.92 Å². The summed E-state index contributed by atoms with van der Waals surface area (Å²) >= 11 is 0. The minimum absolute atomic E-state index is 0.0161. The van der Waals surface area contributed by atoms with Crippen molar-refractivity contribution in [1.29, 1.82) is 0 Å². The van der Waals surface area contributed by atoms with Crippen LogP contribution in [0.5, 0.6) is 40.2 Å². The van der Waals surface area contributed by atoms with E-state index in [1.807, 2.05) is 19.1 Å². The first-order chi connectivity index (χ1) is 45.2. The molecule has 0 saturated heterocycles. The highest BCUT2D eigenvalue weighted by Gasteiger charge is 2.28. The van der Waals surface area contributed by atoms with Crippen molar-refractivity contribution in [2.45, 2.75) is 42.7 Å². The summed E-state index contributed by atoms with van der Waals surface area (Å²) in [6.07, 6.45) is 5.40. The van der Waals surface area contributed by atoms with Gasteiger partial charge in [0.1, 0.15) is 40.2 Å². The summed E-state index contributed by atoms with van der Waals surface area (Å²) in [6.45, 7) is 1.88. The van der Waals surface area contributed by atoms with Gasteiger partial charge in [0.25, 0.3) is 0 Å². The Hall–Kier alpha value is -10.8. The molecule has 0 aliphatic heterocycles. The Morgan fingerprint density at radius 3 is 1.27 bits per heavy atom. The van der Waals surface area contributed by atoms with Gasteiger partial charge >= 0.3 is 0 Å². The number of aryl methyl sites for hydroxylation is 1. The summed E-state index contributed by atoms with van der Waals surface area (Å²) in [6, 6.07) is 85.8. The number of rotatable bonds is 17. The van der Waals surface area contributed by atoms with E-state index in [2.05, 4.69) is 140 Å². The van der Waals surface area contributed by atoms with Gasteiger partial charge in [0.2, 0.25) is 29.5 Å². The molecule has 1 aliphatic carbocycles. The SMILES string of the molecule is COc1ccc(/C(=C(\c2ccc3ccccc3c2)c2ccc(Oc3ccc(S(=O)(=O)c4ccc(Oc5ccc(S(=O)(=O)c6ccc(Oc7ccc(S(=O)(=O)c8ccc(C)cc8)cc7)cc6)cc5)cc4)cc3)c3ccccc23)C2C=Cc3ccccc3C2)c2ccccc12. The van der Waals surface area contributed by atoms with Gasteiger partial charge in [0.05, 0.1) is 36.5 Å². The van der Waals surface area contributed by atoms with E-state index in [0.29, 0.717) is 34.5 Å². The van der Waals surface area contributed by atoms with Crippen LogP contribution >= 0.6 is 0 Å². The normalized spacial score (nSPS) is 13.5. The highest BCUT2D eigenvalue weighted by atomic mass is 32.2. The minimum atomic E-state index is -3.99. The van der Waals surface area contributed by atoms with E-state index in [4.69, 9.17) is 18.9 Å². The van der Waals surface area contributed by atoms with E-state index >= 15 is 0 Å². The van der Waals surface area contributed by atoms with E-state index in [1.165, 1.54) is 102 Å². The van der Waals surface area contributed by atoms with Gasteiger partial charge in [-0.1, -0.05) is 145 Å². The molecule has 0 saturated carbocycles. The predicted molar refractivity (Wildman–Crippen MR) is 367 cm³/mol. The average molecular weight is 1280 g/mol. The van der Waals surface area contributed by atoms with E-state index < -0.39 is 29.5 Å². The summed E-state index contributed by atoms with van der Waals surface area (Å²) in [5.74, 6) is 3.25. The Balaban J connectivity index is 0.691. The summed E-state index contributed by atoms with van der Waals surface area (Å²) < 4.78 is 107. The Morgan fingerprint density at radius 1 is 0.366 bits per heavy atom. The molecule has 10 nitrogen and oxygen atoms in total. The van der Waals surface area contributed by atoms with Gasteiger partial charge in [0.15, 0.2) is 0 Å². The third kappa shape index (κ3) is 11.9. The van der Waals surface area contributed by atoms with E-state index in [-0.39, 0.29) is 35.3 Å². The van der Waals surface area contributed by atoms with Gasteiger partial charge < -0.3 is 18.9 Å². The molecule has 93 heavy (non-hydrogen) atoms. The number of hydrogen-bond donors (Lipinski definition) is 0. The maximum absolute atomic E-state index is 14.1. The van der Waals surface area contributed by atoms with Crippen LogP contribution in [0.3, 0.4) is 0 Å². The highest BCUT2D eigenvalue weighted by Crippen LogP contribution is 2.48. The summed E-state index contributed by atoms with van der Waals surface area (Å²) in [5, 5.41) is 6.24. The second-order valence-electron chi connectivity index (χ2n) is 22.7. The number of sulfone groups is 3. The molecule has 1 atom stereocenters. The van der Waals surface area contributed by atoms with Crippen LogP contribution in [-0.4, -0.2) is 32.4 Å². The van der Waals surface area contributed by atoms with Crippen LogP contribution in [0.25, 0.3) is 49.5 Å². The molecule has 0 N–H and O–H groups in total. The first-order valence-electron chi connectivity index (χ1n) is 30.1. The van der Waals surface area contributed by atoms with Gasteiger partial charge in [-0.25, -0.2) is 25.3 Å². The van der Waals surface area contributed by atoms with Crippen LogP contribution in [0.1, 0.15) is 33.4 Å². The fourth-order valence-electron chi connectivity index (χ4n) is 12.1. The van der Waals surface area contributed by atoms with Crippen molar-refractivity contribution in [3.63, 3.8) is 0 Å². The molecule has 0 radical (unpaired) electrons. The van der Waals surface area contributed by atoms with E-state index in [9.17, 15) is 25.3 Å². The molecule has 456 valence electrons. The van der Waals surface area contributed by atoms with E-state index in [0.717, 1.165) is 72.3 Å². The van der Waals surface area contributed by atoms with Crippen molar-refractivity contribution >= 4 is 79.1 Å². The maximum Gasteiger partial charge on any atom is 0.206 e. The number of fused-ring (bicyclic) bond motifs is 4. The third-order valence-corrected chi connectivity index (χ3v) is 22.3. The average Bonchev–Trinajstić information content (AvgIpc) is 0.778. The summed E-state index contributed by atoms with van der Waals surface area (Å²) in [7, 11) is -9.94. The van der Waals surface area contributed by atoms with Crippen LogP contribution < -0.4 is 18.9 Å². The Morgan fingerprint density at radius 2 is 0.763 bits per heavy atom. The zero-order valence-electron chi connectivity index (χ0n) is 50.4. The maximum atomic E-state index is 14.1. The second-order valence-corrected chi connectivity index (χ2v) is 28.6. The van der Waals surface area contributed by atoms with Crippen LogP contribution in [0, 0.1) is 12.8 Å². The predicted octanol–water partition coefficient (Wildman–Crippen LogP) is 19.2. The first-order valence-corrected chi connectivity index (χ1v) is 34.6. The van der Waals surface area contributed by atoms with Crippen molar-refractivity contribution in [1.82, 2.24) is 0 Å². The molecule has 0 amide bonds.